The lowest BCUT2D eigenvalue weighted by molar-refractivity contribution is -0.126. The number of para-hydroxylation sites is 4. The summed E-state index contributed by atoms with van der Waals surface area (Å²) in [5.41, 5.74) is 5.13. The zero-order valence-corrected chi connectivity index (χ0v) is 36.8. The van der Waals surface area contributed by atoms with Crippen LogP contribution in [0.3, 0.4) is 0 Å². The Hall–Kier alpha value is -6.74. The molecule has 15 nitrogen and oxygen atoms in total. The van der Waals surface area contributed by atoms with Crippen molar-refractivity contribution in [2.24, 2.45) is 11.8 Å². The van der Waals surface area contributed by atoms with Crippen molar-refractivity contribution in [3.05, 3.63) is 132 Å². The number of urea groups is 2. The molecule has 0 aliphatic carbocycles. The van der Waals surface area contributed by atoms with Crippen molar-refractivity contribution < 1.29 is 24.3 Å². The van der Waals surface area contributed by atoms with Gasteiger partial charge in [0, 0.05) is 20.1 Å². The predicted molar refractivity (Wildman–Crippen MR) is 244 cm³/mol. The Balaban J connectivity index is 1.15. The van der Waals surface area contributed by atoms with Crippen LogP contribution in [0.4, 0.5) is 9.59 Å². The second kappa shape index (κ2) is 21.4. The van der Waals surface area contributed by atoms with Gasteiger partial charge in [0.2, 0.25) is 11.8 Å². The number of nitrogens with zero attached hydrogens (tertiary/aromatic N) is 4. The number of nitrogens with one attached hydrogen (secondary N) is 6. The molecule has 0 spiro atoms. The molecule has 0 saturated carbocycles. The van der Waals surface area contributed by atoms with Gasteiger partial charge in [-0.15, -0.1) is 0 Å². The van der Waals surface area contributed by atoms with Gasteiger partial charge in [0.1, 0.15) is 23.7 Å². The van der Waals surface area contributed by atoms with Gasteiger partial charge in [-0.05, 0) is 66.5 Å². The fourth-order valence-electron chi connectivity index (χ4n) is 7.57. The molecular formula is C48H60N10O5. The van der Waals surface area contributed by atoms with Crippen molar-refractivity contribution in [1.82, 2.24) is 51.0 Å². The average Bonchev–Trinajstić information content (AvgIpc) is 3.87. The van der Waals surface area contributed by atoms with Gasteiger partial charge in [-0.2, -0.15) is 0 Å². The zero-order valence-electron chi connectivity index (χ0n) is 36.8. The van der Waals surface area contributed by atoms with Crippen LogP contribution in [-0.4, -0.2) is 103 Å². The smallest absolute Gasteiger partial charge is 0.318 e. The summed E-state index contributed by atoms with van der Waals surface area (Å²) in [4.78, 5) is 73.9. The van der Waals surface area contributed by atoms with Gasteiger partial charge in [-0.1, -0.05) is 113 Å². The quantitative estimate of drug-likeness (QED) is 0.0544. The Morgan fingerprint density at radius 2 is 0.984 bits per heavy atom. The Labute approximate surface area is 368 Å². The summed E-state index contributed by atoms with van der Waals surface area (Å²) >= 11 is 0. The maximum absolute atomic E-state index is 14.2. The van der Waals surface area contributed by atoms with Crippen LogP contribution in [0.5, 0.6) is 0 Å². The number of hydrogen-bond acceptors (Lipinski definition) is 7. The molecule has 0 radical (unpaired) electrons. The van der Waals surface area contributed by atoms with Crippen LogP contribution in [0, 0.1) is 11.8 Å². The van der Waals surface area contributed by atoms with E-state index in [-0.39, 0.29) is 37.8 Å². The first-order valence-corrected chi connectivity index (χ1v) is 21.5. The van der Waals surface area contributed by atoms with E-state index < -0.39 is 54.1 Å². The molecule has 4 aromatic carbocycles. The number of imidazole rings is 2. The second-order valence-electron chi connectivity index (χ2n) is 17.0. The minimum Gasteiger partial charge on any atom is -0.391 e. The second-order valence-corrected chi connectivity index (χ2v) is 17.0. The monoisotopic (exact) mass is 856 g/mol. The van der Waals surface area contributed by atoms with Gasteiger partial charge in [-0.25, -0.2) is 19.6 Å². The molecule has 0 unspecified atom stereocenters. The summed E-state index contributed by atoms with van der Waals surface area (Å²) in [5, 5.41) is 24.1. The minimum absolute atomic E-state index is 0.0715. The molecular weight excluding hydrogens is 797 g/mol. The number of carbonyl (C=O) groups excluding carboxylic acids is 4. The summed E-state index contributed by atoms with van der Waals surface area (Å²) in [6.07, 6.45) is -0.401. The highest BCUT2D eigenvalue weighted by Gasteiger charge is 2.33. The van der Waals surface area contributed by atoms with E-state index in [9.17, 15) is 24.3 Å². The fourth-order valence-corrected chi connectivity index (χ4v) is 7.57. The topological polar surface area (TPSA) is 200 Å². The van der Waals surface area contributed by atoms with Crippen LogP contribution in [0.25, 0.3) is 22.1 Å². The Kier molecular flexibility index (Phi) is 15.5. The van der Waals surface area contributed by atoms with Crippen molar-refractivity contribution in [3.63, 3.8) is 0 Å². The molecule has 332 valence electrons. The number of carbonyl (C=O) groups is 4. The van der Waals surface area contributed by atoms with E-state index >= 15 is 0 Å². The molecule has 0 aliphatic heterocycles. The number of amides is 6. The van der Waals surface area contributed by atoms with Gasteiger partial charge in [0.15, 0.2) is 0 Å². The van der Waals surface area contributed by atoms with E-state index in [1.54, 1.807) is 14.1 Å². The molecule has 0 saturated heterocycles. The third-order valence-corrected chi connectivity index (χ3v) is 11.1. The van der Waals surface area contributed by atoms with E-state index in [2.05, 4.69) is 41.2 Å². The Morgan fingerprint density at radius 1 is 0.571 bits per heavy atom. The first kappa shape index (κ1) is 45.8. The van der Waals surface area contributed by atoms with Crippen molar-refractivity contribution in [2.75, 3.05) is 14.1 Å². The molecule has 63 heavy (non-hydrogen) atoms. The summed E-state index contributed by atoms with van der Waals surface area (Å²) in [7, 11) is 3.28. The standard InChI is InChI=1S/C48H60N10O5/c1-30(2)43(55-47(62)57(5)28-41-50-35-21-13-14-22-36(35)51-41)45(60)49-34(25-32-17-9-7-10-18-32)27-40(59)39(26-33-19-11-8-12-20-33)54-46(61)44(31(3)4)56-48(63)58(6)29-42-52-37-23-15-16-24-38(37)53-42/h7-24,30-31,34,39-40,43-44,59H,25-29H2,1-6H3,(H,49,60)(H,50,51)(H,52,53)(H,54,61)(H,55,62)(H,56,63)/t34-,39-,40-,43-,44-/m0/s1. The SMILES string of the molecule is CC(C)[C@H](NC(=O)N(C)Cc1nc2ccccc2[nH]1)C(=O)N[C@@H](Cc1ccccc1)C[C@H](O)[C@H](Cc1ccccc1)NC(=O)[C@@H](NC(=O)N(C)Cc1nc2ccccc2[nH]1)C(C)C. The molecule has 6 amide bonds. The van der Waals surface area contributed by atoms with Gasteiger partial charge >= 0.3 is 12.1 Å². The predicted octanol–water partition coefficient (Wildman–Crippen LogP) is 5.68. The maximum Gasteiger partial charge on any atom is 0.318 e. The van der Waals surface area contributed by atoms with E-state index in [1.807, 2.05) is 137 Å². The van der Waals surface area contributed by atoms with Gasteiger partial charge in [0.25, 0.3) is 0 Å². The number of aliphatic hydroxyl groups excluding tert-OH is 1. The fraction of sp³-hybridized carbons (Fsp3) is 0.375. The normalized spacial score (nSPS) is 13.9. The van der Waals surface area contributed by atoms with Crippen LogP contribution in [0.2, 0.25) is 0 Å². The number of aromatic amines is 2. The molecule has 0 fully saturated rings. The number of rotatable bonds is 19. The highest BCUT2D eigenvalue weighted by atomic mass is 16.3. The minimum atomic E-state index is -1.13. The summed E-state index contributed by atoms with van der Waals surface area (Å²) in [6.45, 7) is 7.80. The number of fused-ring (bicyclic) bond motifs is 2. The molecule has 15 heteroatoms. The van der Waals surface area contributed by atoms with Crippen LogP contribution in [0.15, 0.2) is 109 Å². The number of aliphatic hydroxyl groups is 1. The lowest BCUT2D eigenvalue weighted by atomic mass is 9.92. The maximum atomic E-state index is 14.2. The Morgan fingerprint density at radius 3 is 1.43 bits per heavy atom. The van der Waals surface area contributed by atoms with Crippen molar-refractivity contribution in [2.45, 2.75) is 90.3 Å². The van der Waals surface area contributed by atoms with Gasteiger partial charge in [-0.3, -0.25) is 9.59 Å². The molecule has 7 N–H and O–H groups in total. The lowest BCUT2D eigenvalue weighted by Gasteiger charge is -2.32. The van der Waals surface area contributed by atoms with Gasteiger partial charge < -0.3 is 46.1 Å². The van der Waals surface area contributed by atoms with Crippen LogP contribution < -0.4 is 21.3 Å². The van der Waals surface area contributed by atoms with Crippen LogP contribution >= 0.6 is 0 Å². The van der Waals surface area contributed by atoms with Crippen LogP contribution in [-0.2, 0) is 35.5 Å². The summed E-state index contributed by atoms with van der Waals surface area (Å²) in [6, 6.07) is 30.3. The first-order valence-electron chi connectivity index (χ1n) is 21.5. The molecule has 0 aliphatic rings. The average molecular weight is 857 g/mol. The van der Waals surface area contributed by atoms with E-state index in [1.165, 1.54) is 9.80 Å². The van der Waals surface area contributed by atoms with Crippen LogP contribution in [0.1, 0.15) is 56.9 Å². The van der Waals surface area contributed by atoms with Crippen molar-refractivity contribution in [1.29, 1.82) is 0 Å². The highest BCUT2D eigenvalue weighted by Crippen LogP contribution is 2.18. The van der Waals surface area contributed by atoms with E-state index in [0.29, 0.717) is 18.1 Å². The first-order chi connectivity index (χ1) is 30.2. The highest BCUT2D eigenvalue weighted by molar-refractivity contribution is 5.88. The molecule has 6 aromatic rings. The molecule has 5 atom stereocenters. The zero-order chi connectivity index (χ0) is 45.0. The number of hydrogen-bond donors (Lipinski definition) is 7. The molecule has 0 bridgehead atoms. The lowest BCUT2D eigenvalue weighted by Crippen LogP contribution is -2.58. The van der Waals surface area contributed by atoms with E-state index in [4.69, 9.17) is 0 Å². The Bertz CT molecular complexity index is 2370. The number of aromatic nitrogens is 4. The summed E-state index contributed by atoms with van der Waals surface area (Å²) in [5.74, 6) is -0.205. The molecule has 6 rings (SSSR count). The molecule has 2 heterocycles. The largest absolute Gasteiger partial charge is 0.391 e. The third-order valence-electron chi connectivity index (χ3n) is 11.1. The van der Waals surface area contributed by atoms with Crippen molar-refractivity contribution >= 4 is 45.9 Å². The van der Waals surface area contributed by atoms with Crippen molar-refractivity contribution in [3.8, 4) is 0 Å². The third kappa shape index (κ3) is 12.7. The van der Waals surface area contributed by atoms with Gasteiger partial charge in [0.05, 0.1) is 47.3 Å². The van der Waals surface area contributed by atoms with E-state index in [0.717, 1.165) is 33.2 Å². The number of benzene rings is 4. The molecule has 2 aromatic heterocycles. The summed E-state index contributed by atoms with van der Waals surface area (Å²) < 4.78 is 0. The number of H-pyrrole nitrogens is 2.